The number of aromatic nitrogens is 2. The number of benzene rings is 2. The average molecular weight is 429 g/mol. The number of carbonyl (C=O) groups is 1. The van der Waals surface area contributed by atoms with Gasteiger partial charge in [0.15, 0.2) is 0 Å². The van der Waals surface area contributed by atoms with Gasteiger partial charge >= 0.3 is 0 Å². The lowest BCUT2D eigenvalue weighted by atomic mass is 10.1. The summed E-state index contributed by atoms with van der Waals surface area (Å²) in [6.07, 6.45) is 0. The lowest BCUT2D eigenvalue weighted by molar-refractivity contribution is 0.0717. The van der Waals surface area contributed by atoms with E-state index in [-0.39, 0.29) is 17.5 Å². The monoisotopic (exact) mass is 428 g/mol. The smallest absolute Gasteiger partial charge is 0.270 e. The van der Waals surface area contributed by atoms with Crippen LogP contribution in [-0.2, 0) is 14.1 Å². The van der Waals surface area contributed by atoms with E-state index in [0.717, 1.165) is 23.0 Å². The fourth-order valence-electron chi connectivity index (χ4n) is 5.05. The van der Waals surface area contributed by atoms with Gasteiger partial charge in [-0.15, -0.1) is 0 Å². The van der Waals surface area contributed by atoms with Gasteiger partial charge in [-0.25, -0.2) is 0 Å². The van der Waals surface area contributed by atoms with Crippen molar-refractivity contribution < 1.29 is 4.79 Å². The Bertz CT molecular complexity index is 1410. The number of nitrogens with zero attached hydrogens (tertiary/aromatic N) is 4. The maximum Gasteiger partial charge on any atom is 0.270 e. The van der Waals surface area contributed by atoms with Crippen molar-refractivity contribution in [3.63, 3.8) is 0 Å². The number of rotatable bonds is 2. The SMILES string of the molecule is Cc1cccc(N2CCN(C(=O)c3cc4c(=O)n(C)c5ccccc5c4n3C)C[C@@H]2C)c1. The Hall–Kier alpha value is -3.54. The molecule has 5 rings (SSSR count). The Kier molecular flexibility index (Phi) is 4.81. The molecule has 0 N–H and O–H groups in total. The molecule has 2 aromatic carbocycles. The van der Waals surface area contributed by atoms with Crippen molar-refractivity contribution in [1.29, 1.82) is 0 Å². The van der Waals surface area contributed by atoms with Crippen LogP contribution in [0, 0.1) is 6.92 Å². The van der Waals surface area contributed by atoms with Gasteiger partial charge in [0.25, 0.3) is 11.5 Å². The van der Waals surface area contributed by atoms with Crippen molar-refractivity contribution in [3.8, 4) is 0 Å². The van der Waals surface area contributed by atoms with Crippen LogP contribution in [0.5, 0.6) is 0 Å². The largest absolute Gasteiger partial charge is 0.365 e. The van der Waals surface area contributed by atoms with Crippen LogP contribution in [0.4, 0.5) is 5.69 Å². The maximum atomic E-state index is 13.5. The lowest BCUT2D eigenvalue weighted by Crippen LogP contribution is -2.54. The molecule has 0 aliphatic carbocycles. The minimum Gasteiger partial charge on any atom is -0.365 e. The van der Waals surface area contributed by atoms with E-state index in [9.17, 15) is 9.59 Å². The zero-order chi connectivity index (χ0) is 22.6. The normalized spacial score (nSPS) is 16.8. The van der Waals surface area contributed by atoms with Crippen molar-refractivity contribution in [2.45, 2.75) is 19.9 Å². The summed E-state index contributed by atoms with van der Waals surface area (Å²) in [7, 11) is 3.67. The summed E-state index contributed by atoms with van der Waals surface area (Å²) in [5, 5.41) is 1.56. The quantitative estimate of drug-likeness (QED) is 0.489. The number of pyridine rings is 1. The fraction of sp³-hybridized carbons (Fsp3) is 0.308. The van der Waals surface area contributed by atoms with Gasteiger partial charge < -0.3 is 18.9 Å². The van der Waals surface area contributed by atoms with Crippen molar-refractivity contribution in [2.24, 2.45) is 14.1 Å². The molecule has 0 bridgehead atoms. The van der Waals surface area contributed by atoms with Gasteiger partial charge in [-0.05, 0) is 43.7 Å². The summed E-state index contributed by atoms with van der Waals surface area (Å²) in [5.74, 6) is -0.0226. The Morgan fingerprint density at radius 3 is 2.47 bits per heavy atom. The number of anilines is 1. The maximum absolute atomic E-state index is 13.5. The third kappa shape index (κ3) is 3.09. The van der Waals surface area contributed by atoms with Crippen molar-refractivity contribution in [3.05, 3.63) is 76.2 Å². The molecule has 3 heterocycles. The van der Waals surface area contributed by atoms with Crippen molar-refractivity contribution in [2.75, 3.05) is 24.5 Å². The molecule has 164 valence electrons. The summed E-state index contributed by atoms with van der Waals surface area (Å²) in [4.78, 5) is 30.8. The van der Waals surface area contributed by atoms with Crippen LogP contribution >= 0.6 is 0 Å². The summed E-state index contributed by atoms with van der Waals surface area (Å²) < 4.78 is 3.55. The highest BCUT2D eigenvalue weighted by molar-refractivity contribution is 6.08. The number of para-hydroxylation sites is 1. The Labute approximate surface area is 187 Å². The Morgan fingerprint density at radius 1 is 0.938 bits per heavy atom. The van der Waals surface area contributed by atoms with Gasteiger partial charge in [-0.3, -0.25) is 9.59 Å². The van der Waals surface area contributed by atoms with E-state index in [1.54, 1.807) is 17.7 Å². The molecule has 2 aromatic heterocycles. The molecule has 1 saturated heterocycles. The van der Waals surface area contributed by atoms with Crippen LogP contribution in [0.25, 0.3) is 21.8 Å². The van der Waals surface area contributed by atoms with Crippen LogP contribution in [0.3, 0.4) is 0 Å². The molecule has 0 spiro atoms. The molecule has 1 aliphatic heterocycles. The van der Waals surface area contributed by atoms with Gasteiger partial charge in [0.2, 0.25) is 0 Å². The molecule has 0 radical (unpaired) electrons. The van der Waals surface area contributed by atoms with Crippen LogP contribution in [0.1, 0.15) is 23.0 Å². The molecule has 1 fully saturated rings. The first kappa shape index (κ1) is 20.4. The molecule has 1 atom stereocenters. The zero-order valence-corrected chi connectivity index (χ0v) is 19.0. The van der Waals surface area contributed by atoms with Crippen LogP contribution in [0.15, 0.2) is 59.4 Å². The number of piperazine rings is 1. The number of fused-ring (bicyclic) bond motifs is 3. The molecule has 0 saturated carbocycles. The van der Waals surface area contributed by atoms with E-state index in [0.29, 0.717) is 24.2 Å². The van der Waals surface area contributed by atoms with E-state index in [4.69, 9.17) is 0 Å². The minimum absolute atomic E-state index is 0.0226. The molecule has 4 aromatic rings. The van der Waals surface area contributed by atoms with E-state index < -0.39 is 0 Å². The van der Waals surface area contributed by atoms with Crippen LogP contribution < -0.4 is 10.5 Å². The van der Waals surface area contributed by atoms with E-state index in [2.05, 4.69) is 43.0 Å². The first-order valence-corrected chi connectivity index (χ1v) is 11.1. The second kappa shape index (κ2) is 7.55. The number of aryl methyl sites for hydroxylation is 3. The summed E-state index contributed by atoms with van der Waals surface area (Å²) >= 11 is 0. The first-order chi connectivity index (χ1) is 15.4. The van der Waals surface area contributed by atoms with E-state index in [1.165, 1.54) is 11.3 Å². The third-order valence-corrected chi connectivity index (χ3v) is 6.76. The van der Waals surface area contributed by atoms with Gasteiger partial charge in [0, 0.05) is 50.8 Å². The number of amides is 1. The Balaban J connectivity index is 1.50. The standard InChI is InChI=1S/C26H28N4O2/c1-17-8-7-9-19(14-17)30-13-12-29(16-18(30)2)26(32)23-15-21-24(27(23)3)20-10-5-6-11-22(20)28(4)25(21)31/h5-11,14-15,18H,12-13,16H2,1-4H3/t18-/m0/s1. The predicted octanol–water partition coefficient (Wildman–Crippen LogP) is 3.69. The van der Waals surface area contributed by atoms with E-state index in [1.807, 2.05) is 40.8 Å². The molecule has 6 nitrogen and oxygen atoms in total. The van der Waals surface area contributed by atoms with Gasteiger partial charge in [-0.2, -0.15) is 0 Å². The topological polar surface area (TPSA) is 50.5 Å². The molecular formula is C26H28N4O2. The Morgan fingerprint density at radius 2 is 1.72 bits per heavy atom. The average Bonchev–Trinajstić information content (AvgIpc) is 3.14. The zero-order valence-electron chi connectivity index (χ0n) is 19.0. The minimum atomic E-state index is -0.0778. The molecular weight excluding hydrogens is 400 g/mol. The molecule has 32 heavy (non-hydrogen) atoms. The van der Waals surface area contributed by atoms with Crippen LogP contribution in [-0.4, -0.2) is 45.6 Å². The van der Waals surface area contributed by atoms with Gasteiger partial charge in [0.1, 0.15) is 5.69 Å². The third-order valence-electron chi connectivity index (χ3n) is 6.76. The fourth-order valence-corrected chi connectivity index (χ4v) is 5.05. The summed E-state index contributed by atoms with van der Waals surface area (Å²) in [5.41, 5.74) is 4.60. The number of hydrogen-bond acceptors (Lipinski definition) is 3. The van der Waals surface area contributed by atoms with Gasteiger partial charge in [-0.1, -0.05) is 30.3 Å². The summed E-state index contributed by atoms with van der Waals surface area (Å²) in [6, 6.07) is 18.3. The molecule has 1 aliphatic rings. The molecule has 1 amide bonds. The van der Waals surface area contributed by atoms with Crippen molar-refractivity contribution in [1.82, 2.24) is 14.0 Å². The number of hydrogen-bond donors (Lipinski definition) is 0. The highest BCUT2D eigenvalue weighted by atomic mass is 16.2. The molecule has 6 heteroatoms. The molecule has 0 unspecified atom stereocenters. The summed E-state index contributed by atoms with van der Waals surface area (Å²) in [6.45, 7) is 6.34. The van der Waals surface area contributed by atoms with Crippen LogP contribution in [0.2, 0.25) is 0 Å². The van der Waals surface area contributed by atoms with E-state index >= 15 is 0 Å². The van der Waals surface area contributed by atoms with Gasteiger partial charge in [0.05, 0.1) is 16.4 Å². The second-order valence-electron chi connectivity index (χ2n) is 8.86. The van der Waals surface area contributed by atoms with Crippen molar-refractivity contribution >= 4 is 33.4 Å². The first-order valence-electron chi connectivity index (χ1n) is 11.1. The number of carbonyl (C=O) groups excluding carboxylic acids is 1. The second-order valence-corrected chi connectivity index (χ2v) is 8.86. The highest BCUT2D eigenvalue weighted by Gasteiger charge is 2.29. The highest BCUT2D eigenvalue weighted by Crippen LogP contribution is 2.27. The predicted molar refractivity (Wildman–Crippen MR) is 130 cm³/mol. The lowest BCUT2D eigenvalue weighted by Gasteiger charge is -2.41.